The Kier molecular flexibility index (Phi) is 2.73. The van der Waals surface area contributed by atoms with E-state index in [0.29, 0.717) is 5.41 Å². The Bertz CT molecular complexity index is 257. The molecule has 0 aromatic carbocycles. The number of amides is 1. The second-order valence-electron chi connectivity index (χ2n) is 5.08. The number of carbonyl (C=O) groups is 1. The Morgan fingerprint density at radius 2 is 2.07 bits per heavy atom. The number of nitrogens with one attached hydrogen (secondary N) is 1. The van der Waals surface area contributed by atoms with Gasteiger partial charge in [-0.05, 0) is 37.5 Å². The van der Waals surface area contributed by atoms with E-state index >= 15 is 0 Å². The summed E-state index contributed by atoms with van der Waals surface area (Å²) in [5.41, 5.74) is 5.59. The van der Waals surface area contributed by atoms with Gasteiger partial charge in [-0.3, -0.25) is 4.79 Å². The molecule has 0 atom stereocenters. The molecule has 3 N–H and O–H groups in total. The van der Waals surface area contributed by atoms with Crippen LogP contribution in [0.15, 0.2) is 0 Å². The topological polar surface area (TPSA) is 64.3 Å². The van der Waals surface area contributed by atoms with Gasteiger partial charge in [0.05, 0.1) is 5.54 Å². The standard InChI is InChI=1S/C11H20N2O2/c1-15-7-6-10(2-3-10)8-13-9(14)11(12)4-5-11/h2-8,12H2,1H3,(H,13,14). The van der Waals surface area contributed by atoms with Crippen molar-refractivity contribution in [3.63, 3.8) is 0 Å². The maximum absolute atomic E-state index is 11.6. The number of methoxy groups -OCH3 is 1. The van der Waals surface area contributed by atoms with E-state index in [0.717, 1.165) is 32.4 Å². The highest BCUT2D eigenvalue weighted by Crippen LogP contribution is 2.48. The van der Waals surface area contributed by atoms with Gasteiger partial charge in [0.1, 0.15) is 0 Å². The summed E-state index contributed by atoms with van der Waals surface area (Å²) in [6.45, 7) is 1.55. The maximum Gasteiger partial charge on any atom is 0.240 e. The summed E-state index contributed by atoms with van der Waals surface area (Å²) in [6.07, 6.45) is 5.12. The minimum absolute atomic E-state index is 0.0335. The summed E-state index contributed by atoms with van der Waals surface area (Å²) < 4.78 is 5.07. The first-order chi connectivity index (χ1) is 7.10. The average Bonchev–Trinajstić information content (AvgIpc) is 3.11. The molecule has 2 fully saturated rings. The number of hydrogen-bond acceptors (Lipinski definition) is 3. The zero-order valence-electron chi connectivity index (χ0n) is 9.34. The van der Waals surface area contributed by atoms with Crippen molar-refractivity contribution in [2.24, 2.45) is 11.1 Å². The summed E-state index contributed by atoms with van der Waals surface area (Å²) in [7, 11) is 1.72. The summed E-state index contributed by atoms with van der Waals surface area (Å²) in [4.78, 5) is 11.6. The van der Waals surface area contributed by atoms with Crippen molar-refractivity contribution in [3.8, 4) is 0 Å². The lowest BCUT2D eigenvalue weighted by molar-refractivity contribution is -0.123. The van der Waals surface area contributed by atoms with Gasteiger partial charge in [0.15, 0.2) is 0 Å². The molecule has 0 radical (unpaired) electrons. The van der Waals surface area contributed by atoms with Crippen molar-refractivity contribution >= 4 is 5.91 Å². The van der Waals surface area contributed by atoms with E-state index in [4.69, 9.17) is 10.5 Å². The van der Waals surface area contributed by atoms with Gasteiger partial charge in [-0.2, -0.15) is 0 Å². The van der Waals surface area contributed by atoms with Crippen molar-refractivity contribution in [1.29, 1.82) is 0 Å². The quantitative estimate of drug-likeness (QED) is 0.670. The molecule has 0 aromatic heterocycles. The molecule has 0 aliphatic heterocycles. The summed E-state index contributed by atoms with van der Waals surface area (Å²) >= 11 is 0. The zero-order chi connectivity index (χ0) is 10.9. The Labute approximate surface area is 90.5 Å². The van der Waals surface area contributed by atoms with Crippen LogP contribution in [-0.4, -0.2) is 31.7 Å². The predicted octanol–water partition coefficient (Wildman–Crippen LogP) is 0.411. The van der Waals surface area contributed by atoms with Crippen LogP contribution in [0.25, 0.3) is 0 Å². The molecule has 86 valence electrons. The van der Waals surface area contributed by atoms with Crippen molar-refractivity contribution < 1.29 is 9.53 Å². The molecule has 0 bridgehead atoms. The van der Waals surface area contributed by atoms with Crippen LogP contribution < -0.4 is 11.1 Å². The van der Waals surface area contributed by atoms with Crippen LogP contribution in [0.4, 0.5) is 0 Å². The van der Waals surface area contributed by atoms with E-state index in [2.05, 4.69) is 5.32 Å². The molecule has 0 saturated heterocycles. The van der Waals surface area contributed by atoms with Crippen LogP contribution in [0.5, 0.6) is 0 Å². The third-order valence-corrected chi connectivity index (χ3v) is 3.66. The lowest BCUT2D eigenvalue weighted by Gasteiger charge is -2.17. The number of ether oxygens (including phenoxy) is 1. The van der Waals surface area contributed by atoms with Gasteiger partial charge < -0.3 is 15.8 Å². The highest BCUT2D eigenvalue weighted by atomic mass is 16.5. The van der Waals surface area contributed by atoms with Crippen molar-refractivity contribution in [2.75, 3.05) is 20.3 Å². The monoisotopic (exact) mass is 212 g/mol. The molecular weight excluding hydrogens is 192 g/mol. The fourth-order valence-electron chi connectivity index (χ4n) is 1.82. The highest BCUT2D eigenvalue weighted by molar-refractivity contribution is 5.89. The Morgan fingerprint density at radius 1 is 1.40 bits per heavy atom. The lowest BCUT2D eigenvalue weighted by atomic mass is 10.0. The molecule has 0 aromatic rings. The first-order valence-corrected chi connectivity index (χ1v) is 5.66. The van der Waals surface area contributed by atoms with Gasteiger partial charge in [0.2, 0.25) is 5.91 Å². The molecule has 0 unspecified atom stereocenters. The Morgan fingerprint density at radius 3 is 2.53 bits per heavy atom. The number of nitrogens with two attached hydrogens (primary N) is 1. The summed E-state index contributed by atoms with van der Waals surface area (Å²) in [6, 6.07) is 0. The largest absolute Gasteiger partial charge is 0.385 e. The van der Waals surface area contributed by atoms with Crippen LogP contribution >= 0.6 is 0 Å². The predicted molar refractivity (Wildman–Crippen MR) is 57.3 cm³/mol. The third-order valence-electron chi connectivity index (χ3n) is 3.66. The van der Waals surface area contributed by atoms with Crippen molar-refractivity contribution in [1.82, 2.24) is 5.32 Å². The number of carbonyl (C=O) groups excluding carboxylic acids is 1. The SMILES string of the molecule is COCCC1(CNC(=O)C2(N)CC2)CC1. The minimum atomic E-state index is -0.530. The fraction of sp³-hybridized carbons (Fsp3) is 0.909. The fourth-order valence-corrected chi connectivity index (χ4v) is 1.82. The van der Waals surface area contributed by atoms with E-state index in [1.165, 1.54) is 12.8 Å². The first-order valence-electron chi connectivity index (χ1n) is 5.66. The molecule has 4 nitrogen and oxygen atoms in total. The zero-order valence-corrected chi connectivity index (χ0v) is 9.34. The first kappa shape index (κ1) is 10.9. The van der Waals surface area contributed by atoms with Crippen LogP contribution in [-0.2, 0) is 9.53 Å². The maximum atomic E-state index is 11.6. The Balaban J connectivity index is 1.71. The van der Waals surface area contributed by atoms with E-state index in [1.54, 1.807) is 7.11 Å². The van der Waals surface area contributed by atoms with Gasteiger partial charge in [0.25, 0.3) is 0 Å². The van der Waals surface area contributed by atoms with Crippen molar-refractivity contribution in [2.45, 2.75) is 37.6 Å². The molecule has 2 aliphatic carbocycles. The van der Waals surface area contributed by atoms with E-state index in [9.17, 15) is 4.79 Å². The van der Waals surface area contributed by atoms with Gasteiger partial charge in [-0.1, -0.05) is 0 Å². The normalized spacial score (nSPS) is 24.7. The third kappa shape index (κ3) is 2.49. The van der Waals surface area contributed by atoms with Gasteiger partial charge in [0, 0.05) is 20.3 Å². The minimum Gasteiger partial charge on any atom is -0.385 e. The number of hydrogen-bond donors (Lipinski definition) is 2. The molecule has 2 saturated carbocycles. The molecular formula is C11H20N2O2. The van der Waals surface area contributed by atoms with Crippen LogP contribution in [0.3, 0.4) is 0 Å². The van der Waals surface area contributed by atoms with Crippen LogP contribution in [0.2, 0.25) is 0 Å². The Hall–Kier alpha value is -0.610. The molecule has 1 amide bonds. The summed E-state index contributed by atoms with van der Waals surface area (Å²) in [5.74, 6) is 0.0335. The van der Waals surface area contributed by atoms with E-state index < -0.39 is 5.54 Å². The molecule has 0 spiro atoms. The highest BCUT2D eigenvalue weighted by Gasteiger charge is 2.48. The van der Waals surface area contributed by atoms with E-state index in [-0.39, 0.29) is 5.91 Å². The van der Waals surface area contributed by atoms with Crippen LogP contribution in [0, 0.1) is 5.41 Å². The summed E-state index contributed by atoms with van der Waals surface area (Å²) in [5, 5.41) is 2.98. The van der Waals surface area contributed by atoms with Crippen molar-refractivity contribution in [3.05, 3.63) is 0 Å². The average molecular weight is 212 g/mol. The number of rotatable bonds is 6. The van der Waals surface area contributed by atoms with Gasteiger partial charge in [-0.25, -0.2) is 0 Å². The van der Waals surface area contributed by atoms with Crippen LogP contribution in [0.1, 0.15) is 32.1 Å². The second kappa shape index (κ2) is 3.76. The molecule has 2 aliphatic rings. The lowest BCUT2D eigenvalue weighted by Crippen LogP contribution is -2.44. The van der Waals surface area contributed by atoms with Gasteiger partial charge >= 0.3 is 0 Å². The second-order valence-corrected chi connectivity index (χ2v) is 5.08. The molecule has 2 rings (SSSR count). The molecule has 15 heavy (non-hydrogen) atoms. The smallest absolute Gasteiger partial charge is 0.240 e. The van der Waals surface area contributed by atoms with E-state index in [1.807, 2.05) is 0 Å². The molecule has 4 heteroatoms. The van der Waals surface area contributed by atoms with Gasteiger partial charge in [-0.15, -0.1) is 0 Å². The molecule has 0 heterocycles.